The summed E-state index contributed by atoms with van der Waals surface area (Å²) >= 11 is 0. The molecule has 0 amide bonds. The molecule has 0 atom stereocenters. The van der Waals surface area contributed by atoms with Crippen LogP contribution in [0.2, 0.25) is 0 Å². The number of carboxylic acid groups (broad SMARTS) is 2. The van der Waals surface area contributed by atoms with Crippen LogP contribution in [0.4, 0.5) is 0 Å². The lowest BCUT2D eigenvalue weighted by atomic mass is 9.64. The standard InChI is InChI=1S/C8H13NO.C2H2O4/c10-7-4-8(5-7)2-1-3-9-6-8;3-1(4)2(5)6/h9H,1-6H2;(H,3,4)(H,5,6). The predicted octanol–water partition coefficient (Wildman–Crippen LogP) is -0.125. The van der Waals surface area contributed by atoms with Gasteiger partial charge >= 0.3 is 11.9 Å². The molecule has 0 bridgehead atoms. The number of piperidine rings is 1. The molecule has 3 N–H and O–H groups in total. The summed E-state index contributed by atoms with van der Waals surface area (Å²) in [6, 6.07) is 0. The number of hydrogen-bond acceptors (Lipinski definition) is 4. The van der Waals surface area contributed by atoms with Gasteiger partial charge in [0.15, 0.2) is 0 Å². The van der Waals surface area contributed by atoms with Crippen molar-refractivity contribution in [2.75, 3.05) is 13.1 Å². The summed E-state index contributed by atoms with van der Waals surface area (Å²) < 4.78 is 0. The van der Waals surface area contributed by atoms with Crippen molar-refractivity contribution >= 4 is 17.7 Å². The van der Waals surface area contributed by atoms with Gasteiger partial charge in [-0.15, -0.1) is 0 Å². The van der Waals surface area contributed by atoms with E-state index in [0.29, 0.717) is 11.2 Å². The molecule has 6 nitrogen and oxygen atoms in total. The number of carbonyl (C=O) groups excluding carboxylic acids is 1. The second-order valence-electron chi connectivity index (χ2n) is 4.28. The monoisotopic (exact) mass is 229 g/mol. The SMILES string of the molecule is O=C(O)C(=O)O.O=C1CC2(CCCNC2)C1. The van der Waals surface area contributed by atoms with Crippen LogP contribution in [-0.2, 0) is 14.4 Å². The molecule has 1 heterocycles. The van der Waals surface area contributed by atoms with Crippen LogP contribution in [0.1, 0.15) is 25.7 Å². The quantitative estimate of drug-likeness (QED) is 0.500. The van der Waals surface area contributed by atoms with E-state index in [1.807, 2.05) is 0 Å². The average Bonchev–Trinajstić information content (AvgIpc) is 2.18. The Balaban J connectivity index is 0.000000187. The summed E-state index contributed by atoms with van der Waals surface area (Å²) in [5.41, 5.74) is 0.412. The fourth-order valence-electron chi connectivity index (χ4n) is 2.12. The first-order valence-electron chi connectivity index (χ1n) is 5.14. The Labute approximate surface area is 92.6 Å². The van der Waals surface area contributed by atoms with E-state index in [9.17, 15) is 4.79 Å². The number of rotatable bonds is 0. The Morgan fingerprint density at radius 1 is 1.19 bits per heavy atom. The Morgan fingerprint density at radius 3 is 2.06 bits per heavy atom. The molecule has 0 radical (unpaired) electrons. The maximum atomic E-state index is 10.7. The molecule has 2 fully saturated rings. The van der Waals surface area contributed by atoms with Gasteiger partial charge in [-0.3, -0.25) is 4.79 Å². The van der Waals surface area contributed by atoms with Crippen molar-refractivity contribution in [1.29, 1.82) is 0 Å². The van der Waals surface area contributed by atoms with Crippen molar-refractivity contribution in [3.8, 4) is 0 Å². The number of ketones is 1. The van der Waals surface area contributed by atoms with Gasteiger partial charge in [0.05, 0.1) is 0 Å². The molecule has 90 valence electrons. The van der Waals surface area contributed by atoms with E-state index >= 15 is 0 Å². The largest absolute Gasteiger partial charge is 0.473 e. The predicted molar refractivity (Wildman–Crippen MR) is 54.0 cm³/mol. The van der Waals surface area contributed by atoms with Crippen molar-refractivity contribution in [2.24, 2.45) is 5.41 Å². The molecule has 0 aromatic rings. The highest BCUT2D eigenvalue weighted by atomic mass is 16.4. The maximum Gasteiger partial charge on any atom is 0.414 e. The van der Waals surface area contributed by atoms with Gasteiger partial charge in [0.25, 0.3) is 0 Å². The van der Waals surface area contributed by atoms with Crippen LogP contribution in [-0.4, -0.2) is 41.0 Å². The van der Waals surface area contributed by atoms with E-state index in [2.05, 4.69) is 5.32 Å². The minimum Gasteiger partial charge on any atom is -0.473 e. The van der Waals surface area contributed by atoms with E-state index in [-0.39, 0.29) is 0 Å². The van der Waals surface area contributed by atoms with Crippen LogP contribution in [0.3, 0.4) is 0 Å². The summed E-state index contributed by atoms with van der Waals surface area (Å²) in [4.78, 5) is 28.9. The van der Waals surface area contributed by atoms with Gasteiger partial charge in [0.2, 0.25) is 0 Å². The lowest BCUT2D eigenvalue weighted by molar-refractivity contribution is -0.159. The van der Waals surface area contributed by atoms with Gasteiger partial charge in [0.1, 0.15) is 5.78 Å². The van der Waals surface area contributed by atoms with E-state index in [4.69, 9.17) is 19.8 Å². The summed E-state index contributed by atoms with van der Waals surface area (Å²) in [6.07, 6.45) is 4.22. The molecule has 6 heteroatoms. The topological polar surface area (TPSA) is 104 Å². The third-order valence-electron chi connectivity index (χ3n) is 2.89. The molecule has 1 aliphatic heterocycles. The summed E-state index contributed by atoms with van der Waals surface area (Å²) in [5.74, 6) is -3.19. The van der Waals surface area contributed by atoms with Crippen LogP contribution in [0.5, 0.6) is 0 Å². The van der Waals surface area contributed by atoms with Crippen molar-refractivity contribution in [1.82, 2.24) is 5.32 Å². The van der Waals surface area contributed by atoms with Crippen molar-refractivity contribution < 1.29 is 24.6 Å². The molecule has 1 saturated heterocycles. The average molecular weight is 229 g/mol. The Morgan fingerprint density at radius 2 is 1.75 bits per heavy atom. The normalized spacial score (nSPS) is 21.6. The van der Waals surface area contributed by atoms with E-state index in [1.165, 1.54) is 12.8 Å². The second kappa shape index (κ2) is 5.07. The molecular formula is C10H15NO5. The van der Waals surface area contributed by atoms with Gasteiger partial charge < -0.3 is 15.5 Å². The summed E-state index contributed by atoms with van der Waals surface area (Å²) in [6.45, 7) is 2.23. The van der Waals surface area contributed by atoms with Crippen LogP contribution in [0.25, 0.3) is 0 Å². The highest BCUT2D eigenvalue weighted by Gasteiger charge is 2.43. The fraction of sp³-hybridized carbons (Fsp3) is 0.700. The van der Waals surface area contributed by atoms with Crippen molar-refractivity contribution in [2.45, 2.75) is 25.7 Å². The number of carboxylic acids is 2. The fourth-order valence-corrected chi connectivity index (χ4v) is 2.12. The van der Waals surface area contributed by atoms with Crippen LogP contribution >= 0.6 is 0 Å². The zero-order valence-corrected chi connectivity index (χ0v) is 8.86. The van der Waals surface area contributed by atoms with E-state index in [0.717, 1.165) is 25.9 Å². The summed E-state index contributed by atoms with van der Waals surface area (Å²) in [5, 5.41) is 18.1. The van der Waals surface area contributed by atoms with Crippen LogP contribution in [0.15, 0.2) is 0 Å². The number of aliphatic carboxylic acids is 2. The lowest BCUT2D eigenvalue weighted by Gasteiger charge is -2.43. The van der Waals surface area contributed by atoms with E-state index < -0.39 is 11.9 Å². The Bertz CT molecular complexity index is 284. The zero-order valence-electron chi connectivity index (χ0n) is 8.86. The first-order chi connectivity index (χ1) is 7.45. The molecule has 2 rings (SSSR count). The molecule has 0 unspecified atom stereocenters. The molecule has 16 heavy (non-hydrogen) atoms. The molecule has 2 aliphatic rings. The molecule has 0 aromatic carbocycles. The van der Waals surface area contributed by atoms with Crippen LogP contribution in [0, 0.1) is 5.41 Å². The minimum absolute atomic E-state index is 0.412. The molecule has 1 aliphatic carbocycles. The Hall–Kier alpha value is -1.43. The highest BCUT2D eigenvalue weighted by Crippen LogP contribution is 2.42. The third kappa shape index (κ3) is 3.30. The number of hydrogen-bond donors (Lipinski definition) is 3. The van der Waals surface area contributed by atoms with Gasteiger partial charge in [-0.2, -0.15) is 0 Å². The van der Waals surface area contributed by atoms with E-state index in [1.54, 1.807) is 0 Å². The van der Waals surface area contributed by atoms with Gasteiger partial charge in [0, 0.05) is 19.4 Å². The van der Waals surface area contributed by atoms with Crippen LogP contribution < -0.4 is 5.32 Å². The van der Waals surface area contributed by atoms with Gasteiger partial charge in [-0.05, 0) is 24.8 Å². The first-order valence-corrected chi connectivity index (χ1v) is 5.14. The van der Waals surface area contributed by atoms with Crippen molar-refractivity contribution in [3.05, 3.63) is 0 Å². The summed E-state index contributed by atoms with van der Waals surface area (Å²) in [7, 11) is 0. The first kappa shape index (κ1) is 12.6. The number of carbonyl (C=O) groups is 3. The maximum absolute atomic E-state index is 10.7. The second-order valence-corrected chi connectivity index (χ2v) is 4.28. The highest BCUT2D eigenvalue weighted by molar-refractivity contribution is 6.27. The van der Waals surface area contributed by atoms with Crippen molar-refractivity contribution in [3.63, 3.8) is 0 Å². The molecular weight excluding hydrogens is 214 g/mol. The molecule has 1 spiro atoms. The van der Waals surface area contributed by atoms with Gasteiger partial charge in [-0.1, -0.05) is 0 Å². The minimum atomic E-state index is -1.82. The Kier molecular flexibility index (Phi) is 4.00. The lowest BCUT2D eigenvalue weighted by Crippen LogP contribution is -2.48. The third-order valence-corrected chi connectivity index (χ3v) is 2.89. The number of nitrogens with one attached hydrogen (secondary N) is 1. The molecule has 1 saturated carbocycles. The van der Waals surface area contributed by atoms with Gasteiger partial charge in [-0.25, -0.2) is 9.59 Å². The zero-order chi connectivity index (χ0) is 12.2. The number of Topliss-reactive ketones (excluding diaryl/α,β-unsaturated/α-hetero) is 1. The smallest absolute Gasteiger partial charge is 0.414 e. The molecule has 0 aromatic heterocycles.